The number of aromatic nitrogens is 2. The topological polar surface area (TPSA) is 64.0 Å². The minimum absolute atomic E-state index is 0.102. The van der Waals surface area contributed by atoms with Crippen molar-refractivity contribution in [2.75, 3.05) is 5.32 Å². The highest BCUT2D eigenvalue weighted by atomic mass is 35.5. The highest BCUT2D eigenvalue weighted by molar-refractivity contribution is 6.29. The fraction of sp³-hybridized carbons (Fsp3) is 0.118. The summed E-state index contributed by atoms with van der Waals surface area (Å²) >= 11 is 5.76. The van der Waals surface area contributed by atoms with Gasteiger partial charge in [-0.25, -0.2) is 4.98 Å². The lowest BCUT2D eigenvalue weighted by Crippen LogP contribution is -2.16. The Hall–Kier alpha value is -2.66. The Labute approximate surface area is 137 Å². The summed E-state index contributed by atoms with van der Waals surface area (Å²) in [7, 11) is 0. The number of hydrogen-bond acceptors (Lipinski definition) is 3. The zero-order valence-corrected chi connectivity index (χ0v) is 13.0. The quantitative estimate of drug-likeness (QED) is 0.742. The van der Waals surface area contributed by atoms with Gasteiger partial charge in [-0.1, -0.05) is 29.8 Å². The van der Waals surface area contributed by atoms with E-state index >= 15 is 0 Å². The monoisotopic (exact) mass is 327 g/mol. The van der Waals surface area contributed by atoms with Crippen molar-refractivity contribution in [2.45, 2.75) is 12.8 Å². The van der Waals surface area contributed by atoms with E-state index in [4.69, 9.17) is 11.6 Å². The predicted octanol–water partition coefficient (Wildman–Crippen LogP) is 3.75. The van der Waals surface area contributed by atoms with E-state index in [-0.39, 0.29) is 24.7 Å². The van der Waals surface area contributed by atoms with Gasteiger partial charge in [-0.15, -0.1) is 0 Å². The molecule has 3 rings (SSSR count). The first-order valence-corrected chi connectivity index (χ1v) is 7.52. The fourth-order valence-corrected chi connectivity index (χ4v) is 2.52. The summed E-state index contributed by atoms with van der Waals surface area (Å²) in [6.07, 6.45) is 3.47. The van der Waals surface area contributed by atoms with Crippen LogP contribution in [-0.4, -0.2) is 21.4 Å². The molecule has 0 aliphatic heterocycles. The average Bonchev–Trinajstić information content (AvgIpc) is 2.97. The maximum atomic E-state index is 12.3. The third-order valence-corrected chi connectivity index (χ3v) is 3.65. The molecule has 0 aliphatic carbocycles. The first kappa shape index (κ1) is 15.2. The van der Waals surface area contributed by atoms with Gasteiger partial charge < -0.3 is 5.32 Å². The Balaban J connectivity index is 1.61. The molecule has 5 nitrogen and oxygen atoms in total. The number of fused-ring (bicyclic) bond motifs is 1. The summed E-state index contributed by atoms with van der Waals surface area (Å²) in [5.41, 5.74) is 1.41. The number of para-hydroxylation sites is 1. The molecular formula is C17H14ClN3O2. The summed E-state index contributed by atoms with van der Waals surface area (Å²) in [5, 5.41) is 4.00. The highest BCUT2D eigenvalue weighted by Crippen LogP contribution is 2.16. The van der Waals surface area contributed by atoms with Crippen LogP contribution in [0.1, 0.15) is 17.6 Å². The molecule has 6 heteroatoms. The van der Waals surface area contributed by atoms with Crippen LogP contribution >= 0.6 is 11.6 Å². The van der Waals surface area contributed by atoms with Crippen molar-refractivity contribution in [2.24, 2.45) is 0 Å². The van der Waals surface area contributed by atoms with Gasteiger partial charge in [-0.3, -0.25) is 14.2 Å². The van der Waals surface area contributed by atoms with Crippen molar-refractivity contribution in [1.82, 2.24) is 9.55 Å². The Kier molecular flexibility index (Phi) is 4.39. The Morgan fingerprint density at radius 2 is 1.96 bits per heavy atom. The highest BCUT2D eigenvalue weighted by Gasteiger charge is 2.11. The fourth-order valence-electron chi connectivity index (χ4n) is 2.35. The van der Waals surface area contributed by atoms with Gasteiger partial charge in [-0.05, 0) is 24.3 Å². The maximum absolute atomic E-state index is 12.3. The maximum Gasteiger partial charge on any atom is 0.231 e. The van der Waals surface area contributed by atoms with Crippen LogP contribution < -0.4 is 5.32 Å². The molecule has 2 aromatic heterocycles. The van der Waals surface area contributed by atoms with Gasteiger partial charge in [0.1, 0.15) is 5.15 Å². The van der Waals surface area contributed by atoms with Crippen LogP contribution in [0.5, 0.6) is 0 Å². The van der Waals surface area contributed by atoms with Crippen LogP contribution in [0.25, 0.3) is 10.9 Å². The van der Waals surface area contributed by atoms with Crippen molar-refractivity contribution < 1.29 is 9.59 Å². The standard InChI is InChI=1S/C17H14ClN3O2/c18-15-11-13(7-9-19-15)20-16(22)5-6-17(23)21-10-8-12-3-1-2-4-14(12)21/h1-4,7-11H,5-6H2,(H,19,20,22). The molecule has 0 aliphatic rings. The average molecular weight is 328 g/mol. The number of nitrogens with zero attached hydrogens (tertiary/aromatic N) is 2. The Morgan fingerprint density at radius 1 is 1.13 bits per heavy atom. The summed E-state index contributed by atoms with van der Waals surface area (Å²) in [4.78, 5) is 28.0. The largest absolute Gasteiger partial charge is 0.326 e. The number of amides is 1. The number of rotatable bonds is 4. The van der Waals surface area contributed by atoms with Gasteiger partial charge in [0, 0.05) is 36.3 Å². The van der Waals surface area contributed by atoms with E-state index in [1.807, 2.05) is 30.3 Å². The number of carbonyl (C=O) groups excluding carboxylic acids is 2. The number of carbonyl (C=O) groups is 2. The number of benzene rings is 1. The molecule has 23 heavy (non-hydrogen) atoms. The number of hydrogen-bond donors (Lipinski definition) is 1. The summed E-state index contributed by atoms with van der Waals surface area (Å²) in [6.45, 7) is 0. The first-order valence-electron chi connectivity index (χ1n) is 7.14. The van der Waals surface area contributed by atoms with Gasteiger partial charge >= 0.3 is 0 Å². The number of nitrogens with one attached hydrogen (secondary N) is 1. The van der Waals surface area contributed by atoms with Crippen molar-refractivity contribution in [3.05, 3.63) is 60.0 Å². The molecule has 0 bridgehead atoms. The van der Waals surface area contributed by atoms with Crippen molar-refractivity contribution in [1.29, 1.82) is 0 Å². The molecule has 0 spiro atoms. The Bertz CT molecular complexity index is 873. The normalized spacial score (nSPS) is 10.7. The third-order valence-electron chi connectivity index (χ3n) is 3.44. The van der Waals surface area contributed by atoms with Gasteiger partial charge in [0.2, 0.25) is 11.8 Å². The van der Waals surface area contributed by atoms with Crippen LogP contribution in [-0.2, 0) is 4.79 Å². The minimum Gasteiger partial charge on any atom is -0.326 e. The van der Waals surface area contributed by atoms with Crippen molar-refractivity contribution >= 4 is 40.0 Å². The van der Waals surface area contributed by atoms with E-state index in [1.165, 1.54) is 6.20 Å². The van der Waals surface area contributed by atoms with E-state index in [9.17, 15) is 9.59 Å². The second kappa shape index (κ2) is 6.62. The van der Waals surface area contributed by atoms with Crippen LogP contribution in [0, 0.1) is 0 Å². The molecule has 0 atom stereocenters. The van der Waals surface area contributed by atoms with E-state index in [1.54, 1.807) is 22.9 Å². The van der Waals surface area contributed by atoms with E-state index < -0.39 is 0 Å². The first-order chi connectivity index (χ1) is 11.1. The van der Waals surface area contributed by atoms with Crippen molar-refractivity contribution in [3.8, 4) is 0 Å². The number of halogens is 1. The lowest BCUT2D eigenvalue weighted by molar-refractivity contribution is -0.116. The third kappa shape index (κ3) is 3.57. The molecule has 3 aromatic rings. The molecule has 0 saturated heterocycles. The second-order valence-corrected chi connectivity index (χ2v) is 5.44. The van der Waals surface area contributed by atoms with Crippen LogP contribution in [0.2, 0.25) is 5.15 Å². The molecule has 1 N–H and O–H groups in total. The Morgan fingerprint density at radius 3 is 2.78 bits per heavy atom. The second-order valence-electron chi connectivity index (χ2n) is 5.05. The molecule has 0 radical (unpaired) electrons. The zero-order chi connectivity index (χ0) is 16.2. The predicted molar refractivity (Wildman–Crippen MR) is 89.7 cm³/mol. The lowest BCUT2D eigenvalue weighted by Gasteiger charge is -2.06. The zero-order valence-electron chi connectivity index (χ0n) is 12.2. The molecular weight excluding hydrogens is 314 g/mol. The van der Waals surface area contributed by atoms with Crippen molar-refractivity contribution in [3.63, 3.8) is 0 Å². The molecule has 2 heterocycles. The van der Waals surface area contributed by atoms with Gasteiger partial charge in [0.25, 0.3) is 0 Å². The summed E-state index contributed by atoms with van der Waals surface area (Å²) in [5.74, 6) is -0.355. The number of anilines is 1. The van der Waals surface area contributed by atoms with E-state index in [2.05, 4.69) is 10.3 Å². The van der Waals surface area contributed by atoms with Crippen LogP contribution in [0.15, 0.2) is 54.9 Å². The molecule has 0 fully saturated rings. The summed E-state index contributed by atoms with van der Waals surface area (Å²) < 4.78 is 1.58. The van der Waals surface area contributed by atoms with Crippen LogP contribution in [0.4, 0.5) is 5.69 Å². The molecule has 1 aromatic carbocycles. The van der Waals surface area contributed by atoms with Gasteiger partial charge in [-0.2, -0.15) is 0 Å². The SMILES string of the molecule is O=C(CCC(=O)n1ccc2ccccc21)Nc1ccnc(Cl)c1. The van der Waals surface area contributed by atoms with Crippen LogP contribution in [0.3, 0.4) is 0 Å². The van der Waals surface area contributed by atoms with Gasteiger partial charge in [0.05, 0.1) is 5.52 Å². The van der Waals surface area contributed by atoms with Gasteiger partial charge in [0.15, 0.2) is 0 Å². The molecule has 0 saturated carbocycles. The smallest absolute Gasteiger partial charge is 0.231 e. The van der Waals surface area contributed by atoms with E-state index in [0.29, 0.717) is 10.8 Å². The molecule has 116 valence electrons. The van der Waals surface area contributed by atoms with E-state index in [0.717, 1.165) is 10.9 Å². The lowest BCUT2D eigenvalue weighted by atomic mass is 10.2. The minimum atomic E-state index is -0.239. The molecule has 0 unspecified atom stereocenters. The number of pyridine rings is 1. The molecule has 1 amide bonds. The summed E-state index contributed by atoms with van der Waals surface area (Å²) in [6, 6.07) is 12.7.